The molecule has 0 aliphatic rings. The van der Waals surface area contributed by atoms with E-state index in [9.17, 15) is 4.79 Å². The van der Waals surface area contributed by atoms with Crippen LogP contribution in [0, 0.1) is 0 Å². The number of rotatable bonds is 5. The second-order valence-electron chi connectivity index (χ2n) is 6.99. The van der Waals surface area contributed by atoms with Crippen molar-refractivity contribution in [3.63, 3.8) is 0 Å². The van der Waals surface area contributed by atoms with E-state index in [1.54, 1.807) is 47.0 Å². The summed E-state index contributed by atoms with van der Waals surface area (Å²) >= 11 is 25.3. The highest BCUT2D eigenvalue weighted by atomic mass is 35.5. The van der Waals surface area contributed by atoms with E-state index in [1.165, 1.54) is 12.5 Å². The zero-order valence-electron chi connectivity index (χ0n) is 16.5. The molecule has 5 aromatic rings. The third kappa shape index (κ3) is 4.09. The van der Waals surface area contributed by atoms with Gasteiger partial charge in [-0.2, -0.15) is 0 Å². The van der Waals surface area contributed by atoms with Crippen molar-refractivity contribution in [2.24, 2.45) is 0 Å². The summed E-state index contributed by atoms with van der Waals surface area (Å²) in [6.45, 7) is 0.302. The fourth-order valence-electron chi connectivity index (χ4n) is 3.43. The number of halogens is 4. The second-order valence-corrected chi connectivity index (χ2v) is 8.62. The number of benzene rings is 2. The molecule has 0 aliphatic heterocycles. The van der Waals surface area contributed by atoms with Gasteiger partial charge in [0.05, 0.1) is 17.6 Å². The summed E-state index contributed by atoms with van der Waals surface area (Å²) in [5.74, 6) is -0.679. The van der Waals surface area contributed by atoms with Gasteiger partial charge in [0, 0.05) is 26.7 Å². The molecule has 0 spiro atoms. The van der Waals surface area contributed by atoms with Crippen molar-refractivity contribution in [2.75, 3.05) is 0 Å². The van der Waals surface area contributed by atoms with Gasteiger partial charge in [0.15, 0.2) is 0 Å². The lowest BCUT2D eigenvalue weighted by atomic mass is 10.1. The molecule has 11 heteroatoms. The van der Waals surface area contributed by atoms with Crippen molar-refractivity contribution in [3.8, 4) is 11.6 Å². The van der Waals surface area contributed by atoms with Crippen molar-refractivity contribution in [1.29, 1.82) is 0 Å². The molecule has 164 valence electrons. The molecule has 3 heterocycles. The number of ketones is 1. The molecule has 2 aromatic carbocycles. The first-order chi connectivity index (χ1) is 15.9. The highest BCUT2D eigenvalue weighted by Crippen LogP contribution is 2.35. The summed E-state index contributed by atoms with van der Waals surface area (Å²) < 4.78 is 7.34. The van der Waals surface area contributed by atoms with Crippen LogP contribution in [0.25, 0.3) is 22.5 Å². The molecular formula is C22H11Cl4N5O2. The van der Waals surface area contributed by atoms with E-state index in [4.69, 9.17) is 50.8 Å². The summed E-state index contributed by atoms with van der Waals surface area (Å²) in [4.78, 5) is 21.3. The first-order valence-corrected chi connectivity index (χ1v) is 11.0. The molecule has 0 unspecified atom stereocenters. The summed E-state index contributed by atoms with van der Waals surface area (Å²) in [5.41, 5.74) is 2.05. The number of fused-ring (bicyclic) bond motifs is 1. The molecule has 33 heavy (non-hydrogen) atoms. The molecule has 0 aliphatic carbocycles. The smallest absolute Gasteiger partial charge is 0.289 e. The van der Waals surface area contributed by atoms with Crippen LogP contribution in [-0.4, -0.2) is 30.5 Å². The molecule has 0 radical (unpaired) electrons. The van der Waals surface area contributed by atoms with Crippen LogP contribution in [0.1, 0.15) is 21.8 Å². The Morgan fingerprint density at radius 3 is 2.52 bits per heavy atom. The van der Waals surface area contributed by atoms with Crippen molar-refractivity contribution in [3.05, 3.63) is 92.2 Å². The summed E-state index contributed by atoms with van der Waals surface area (Å²) in [7, 11) is 0. The van der Waals surface area contributed by atoms with E-state index in [1.807, 2.05) is 0 Å². The fraction of sp³-hybridized carbons (Fsp3) is 0.0455. The quantitative estimate of drug-likeness (QED) is 0.251. The van der Waals surface area contributed by atoms with E-state index >= 15 is 0 Å². The van der Waals surface area contributed by atoms with Gasteiger partial charge in [-0.1, -0.05) is 52.5 Å². The van der Waals surface area contributed by atoms with Crippen LogP contribution in [0.3, 0.4) is 0 Å². The highest BCUT2D eigenvalue weighted by Gasteiger charge is 2.27. The van der Waals surface area contributed by atoms with Crippen LogP contribution < -0.4 is 0 Å². The summed E-state index contributed by atoms with van der Waals surface area (Å²) in [6, 6.07) is 11.9. The number of hydrogen-bond acceptors (Lipinski definition) is 6. The van der Waals surface area contributed by atoms with E-state index < -0.39 is 5.78 Å². The monoisotopic (exact) mass is 517 g/mol. The largest absolute Gasteiger partial charge is 0.412 e. The SMILES string of the molecule is O=C(c1nnc(-c2ccncn2)o1)c1c(Cl)n(Cc2ccc(Cl)cc2Cl)c2ccc(Cl)cc12. The predicted octanol–water partition coefficient (Wildman–Crippen LogP) is 6.37. The van der Waals surface area contributed by atoms with Gasteiger partial charge in [0.2, 0.25) is 0 Å². The summed E-state index contributed by atoms with van der Waals surface area (Å²) in [6.07, 6.45) is 2.87. The van der Waals surface area contributed by atoms with E-state index in [0.717, 1.165) is 5.56 Å². The van der Waals surface area contributed by atoms with Crippen LogP contribution in [0.15, 0.2) is 59.4 Å². The number of nitrogens with zero attached hydrogens (tertiary/aromatic N) is 5. The topological polar surface area (TPSA) is 86.7 Å². The molecule has 0 bridgehead atoms. The summed E-state index contributed by atoms with van der Waals surface area (Å²) in [5, 5.41) is 9.99. The molecule has 0 fully saturated rings. The Bertz CT molecular complexity index is 1510. The van der Waals surface area contributed by atoms with Gasteiger partial charge >= 0.3 is 0 Å². The standard InChI is InChI=1S/C22H11Cl4N5O2/c23-12-3-4-17-14(7-12)18(20(26)31(17)9-11-1-2-13(24)8-15(11)25)19(32)22-30-29-21(33-22)16-5-6-27-10-28-16/h1-8,10H,9H2. The van der Waals surface area contributed by atoms with Gasteiger partial charge in [-0.15, -0.1) is 10.2 Å². The van der Waals surface area contributed by atoms with Crippen molar-refractivity contribution >= 4 is 63.1 Å². The van der Waals surface area contributed by atoms with Crippen LogP contribution in [0.2, 0.25) is 20.2 Å². The maximum absolute atomic E-state index is 13.4. The van der Waals surface area contributed by atoms with Crippen molar-refractivity contribution in [2.45, 2.75) is 6.54 Å². The minimum atomic E-state index is -0.541. The third-order valence-electron chi connectivity index (χ3n) is 4.95. The normalized spacial score (nSPS) is 11.3. The number of carbonyl (C=O) groups excluding carboxylic acids is 1. The Labute approximate surface area is 206 Å². The molecule has 7 nitrogen and oxygen atoms in total. The molecular weight excluding hydrogens is 508 g/mol. The van der Waals surface area contributed by atoms with Crippen molar-refractivity contribution < 1.29 is 9.21 Å². The van der Waals surface area contributed by atoms with Crippen molar-refractivity contribution in [1.82, 2.24) is 24.7 Å². The van der Waals surface area contributed by atoms with Gasteiger partial charge in [-0.25, -0.2) is 9.97 Å². The average molecular weight is 519 g/mol. The van der Waals surface area contributed by atoms with Crippen LogP contribution in [0.5, 0.6) is 0 Å². The van der Waals surface area contributed by atoms with Gasteiger partial charge in [0.1, 0.15) is 17.2 Å². The lowest BCUT2D eigenvalue weighted by Crippen LogP contribution is -2.04. The molecule has 0 atom stereocenters. The maximum atomic E-state index is 13.4. The first kappa shape index (κ1) is 21.9. The Morgan fingerprint density at radius 2 is 1.76 bits per heavy atom. The van der Waals surface area contributed by atoms with E-state index in [-0.39, 0.29) is 22.5 Å². The van der Waals surface area contributed by atoms with Gasteiger partial charge in [0.25, 0.3) is 17.6 Å². The minimum absolute atomic E-state index is 0.0894. The third-order valence-corrected chi connectivity index (χ3v) is 6.17. The lowest BCUT2D eigenvalue weighted by Gasteiger charge is -2.09. The Morgan fingerprint density at radius 1 is 0.970 bits per heavy atom. The Kier molecular flexibility index (Phi) is 5.80. The highest BCUT2D eigenvalue weighted by molar-refractivity contribution is 6.38. The lowest BCUT2D eigenvalue weighted by molar-refractivity contribution is 0.100. The van der Waals surface area contributed by atoms with Gasteiger partial charge in [-0.3, -0.25) is 4.79 Å². The molecule has 0 saturated carbocycles. The van der Waals surface area contributed by atoms with Crippen LogP contribution in [-0.2, 0) is 6.54 Å². The van der Waals surface area contributed by atoms with Crippen LogP contribution >= 0.6 is 46.4 Å². The molecule has 0 N–H and O–H groups in total. The number of aromatic nitrogens is 5. The zero-order chi connectivity index (χ0) is 23.1. The average Bonchev–Trinajstić information content (AvgIpc) is 3.39. The maximum Gasteiger partial charge on any atom is 0.289 e. The first-order valence-electron chi connectivity index (χ1n) is 9.48. The van der Waals surface area contributed by atoms with Crippen LogP contribution in [0.4, 0.5) is 0 Å². The van der Waals surface area contributed by atoms with Gasteiger partial charge in [-0.05, 0) is 42.0 Å². The van der Waals surface area contributed by atoms with E-state index in [0.29, 0.717) is 38.2 Å². The molecule has 5 rings (SSSR count). The Balaban J connectivity index is 1.61. The predicted molar refractivity (Wildman–Crippen MR) is 126 cm³/mol. The minimum Gasteiger partial charge on any atom is -0.412 e. The number of hydrogen-bond donors (Lipinski definition) is 0. The zero-order valence-corrected chi connectivity index (χ0v) is 19.5. The second kappa shape index (κ2) is 8.76. The number of carbonyl (C=O) groups is 1. The Hall–Kier alpha value is -2.97. The fourth-order valence-corrected chi connectivity index (χ4v) is 4.41. The van der Waals surface area contributed by atoms with E-state index in [2.05, 4.69) is 20.2 Å². The molecule has 0 amide bonds. The molecule has 0 saturated heterocycles. The molecule has 3 aromatic heterocycles. The van der Waals surface area contributed by atoms with Gasteiger partial charge < -0.3 is 8.98 Å².